The van der Waals surface area contributed by atoms with Gasteiger partial charge in [-0.2, -0.15) is 0 Å². The number of ketones is 1. The molecule has 3 atom stereocenters. The number of Topliss-reactive ketones (excluding diaryl/α,β-unsaturated/α-hetero) is 1. The first kappa shape index (κ1) is 28.2. The van der Waals surface area contributed by atoms with Gasteiger partial charge in [-0.25, -0.2) is 4.98 Å². The minimum atomic E-state index is -1.28. The molecule has 0 saturated carbocycles. The van der Waals surface area contributed by atoms with Gasteiger partial charge in [0.1, 0.15) is 24.1 Å². The van der Waals surface area contributed by atoms with Crippen LogP contribution in [-0.4, -0.2) is 64.7 Å². The van der Waals surface area contributed by atoms with E-state index in [2.05, 4.69) is 20.8 Å². The fourth-order valence-electron chi connectivity index (χ4n) is 4.17. The molecule has 0 bridgehead atoms. The minimum Gasteiger partial charge on any atom is -0.486 e. The first-order valence-corrected chi connectivity index (χ1v) is 12.9. The highest BCUT2D eigenvalue weighted by atomic mass is 16.6. The van der Waals surface area contributed by atoms with Crippen molar-refractivity contribution in [1.82, 2.24) is 15.6 Å². The second-order valence-electron chi connectivity index (χ2n) is 9.59. The molecule has 0 aliphatic carbocycles. The Morgan fingerprint density at radius 3 is 2.58 bits per heavy atom. The zero-order valence-electron chi connectivity index (χ0n) is 21.9. The molecule has 0 radical (unpaired) electrons. The van der Waals surface area contributed by atoms with Crippen molar-refractivity contribution in [2.75, 3.05) is 13.2 Å². The summed E-state index contributed by atoms with van der Waals surface area (Å²) in [5.41, 5.74) is 1.68. The van der Waals surface area contributed by atoms with Gasteiger partial charge in [-0.1, -0.05) is 54.5 Å². The molecule has 2 amide bonds. The van der Waals surface area contributed by atoms with Crippen LogP contribution < -0.4 is 15.4 Å². The topological polar surface area (TPSA) is 156 Å². The van der Waals surface area contributed by atoms with Crippen molar-refractivity contribution in [2.24, 2.45) is 11.1 Å². The Morgan fingerprint density at radius 1 is 1.05 bits per heavy atom. The molecule has 3 N–H and O–H groups in total. The van der Waals surface area contributed by atoms with Crippen LogP contribution in [0, 0.1) is 5.92 Å². The van der Waals surface area contributed by atoms with Gasteiger partial charge in [0.2, 0.25) is 6.10 Å². The lowest BCUT2D eigenvalue weighted by Gasteiger charge is -2.18. The van der Waals surface area contributed by atoms with E-state index in [1.807, 2.05) is 37.3 Å². The summed E-state index contributed by atoms with van der Waals surface area (Å²) in [5.74, 6) is -2.30. The number of rotatable bonds is 13. The molecule has 2 unspecified atom stereocenters. The number of oxime groups is 1. The van der Waals surface area contributed by atoms with Gasteiger partial charge >= 0.3 is 5.97 Å². The average molecular weight is 547 g/mol. The molecule has 11 nitrogen and oxygen atoms in total. The molecule has 1 aromatic heterocycles. The number of aliphatic carboxylic acids is 1. The van der Waals surface area contributed by atoms with Gasteiger partial charge in [0.05, 0.1) is 17.6 Å². The highest BCUT2D eigenvalue weighted by molar-refractivity contribution is 5.97. The Labute approximate surface area is 230 Å². The summed E-state index contributed by atoms with van der Waals surface area (Å²) >= 11 is 0. The SMILES string of the molecule is CC(CNC(=O)c1ccc2ccccc2n1)CC1=NOC(C(=O)N[C@@H](CC(=O)O)C(=O)COc2ccccc2)C1. The zero-order valence-corrected chi connectivity index (χ0v) is 21.9. The molecule has 0 fully saturated rings. The predicted molar refractivity (Wildman–Crippen MR) is 146 cm³/mol. The Morgan fingerprint density at radius 2 is 1.80 bits per heavy atom. The monoisotopic (exact) mass is 546 g/mol. The third-order valence-corrected chi connectivity index (χ3v) is 6.26. The van der Waals surface area contributed by atoms with Crippen LogP contribution in [0.25, 0.3) is 10.9 Å². The third-order valence-electron chi connectivity index (χ3n) is 6.26. The number of aromatic nitrogens is 1. The van der Waals surface area contributed by atoms with E-state index in [1.165, 1.54) is 0 Å². The van der Waals surface area contributed by atoms with Crippen molar-refractivity contribution in [1.29, 1.82) is 0 Å². The van der Waals surface area contributed by atoms with Crippen LogP contribution in [0.4, 0.5) is 0 Å². The average Bonchev–Trinajstić information content (AvgIpc) is 3.42. The number of pyridine rings is 1. The highest BCUT2D eigenvalue weighted by Gasteiger charge is 2.33. The van der Waals surface area contributed by atoms with Crippen LogP contribution in [0.2, 0.25) is 0 Å². The van der Waals surface area contributed by atoms with Crippen LogP contribution in [0.5, 0.6) is 5.75 Å². The lowest BCUT2D eigenvalue weighted by molar-refractivity contribution is -0.141. The summed E-state index contributed by atoms with van der Waals surface area (Å²) in [6, 6.07) is 18.4. The van der Waals surface area contributed by atoms with E-state index < -0.39 is 42.8 Å². The van der Waals surface area contributed by atoms with Crippen molar-refractivity contribution in [3.63, 3.8) is 0 Å². The van der Waals surface area contributed by atoms with E-state index in [0.717, 1.165) is 10.9 Å². The van der Waals surface area contributed by atoms with Crippen molar-refractivity contribution in [3.8, 4) is 5.75 Å². The molecule has 0 saturated heterocycles. The number of hydrogen-bond donors (Lipinski definition) is 3. The largest absolute Gasteiger partial charge is 0.486 e. The molecular formula is C29H30N4O7. The van der Waals surface area contributed by atoms with Gasteiger partial charge in [0.15, 0.2) is 5.78 Å². The van der Waals surface area contributed by atoms with E-state index >= 15 is 0 Å². The lowest BCUT2D eigenvalue weighted by atomic mass is 10.00. The molecule has 2 aromatic carbocycles. The number of ether oxygens (including phenoxy) is 1. The van der Waals surface area contributed by atoms with Gasteiger partial charge in [-0.15, -0.1) is 0 Å². The summed E-state index contributed by atoms with van der Waals surface area (Å²) < 4.78 is 5.40. The van der Waals surface area contributed by atoms with E-state index in [0.29, 0.717) is 30.1 Å². The number of benzene rings is 2. The molecule has 11 heteroatoms. The summed E-state index contributed by atoms with van der Waals surface area (Å²) in [6.45, 7) is 1.89. The van der Waals surface area contributed by atoms with Gasteiger partial charge in [0.25, 0.3) is 11.8 Å². The van der Waals surface area contributed by atoms with E-state index in [1.54, 1.807) is 36.4 Å². The third kappa shape index (κ3) is 7.85. The number of para-hydroxylation sites is 2. The number of nitrogens with one attached hydrogen (secondary N) is 2. The minimum absolute atomic E-state index is 0.00922. The van der Waals surface area contributed by atoms with Crippen LogP contribution in [-0.2, 0) is 19.2 Å². The van der Waals surface area contributed by atoms with E-state index in [4.69, 9.17) is 9.57 Å². The maximum atomic E-state index is 12.8. The molecule has 0 spiro atoms. The maximum Gasteiger partial charge on any atom is 0.305 e. The smallest absolute Gasteiger partial charge is 0.305 e. The van der Waals surface area contributed by atoms with Crippen molar-refractivity contribution >= 4 is 40.2 Å². The quantitative estimate of drug-likeness (QED) is 0.295. The standard InChI is InChI=1S/C29H30N4O7/c1-18(16-30-28(37)23-12-11-19-7-5-6-10-22(19)31-23)13-20-14-26(40-33-20)29(38)32-24(15-27(35)36)25(34)17-39-21-8-3-2-4-9-21/h2-12,18,24,26H,13-17H2,1H3,(H,30,37)(H,32,38)(H,35,36)/t18?,24-,26?/m0/s1. The molecule has 2 heterocycles. The number of nitrogens with zero attached hydrogens (tertiary/aromatic N) is 2. The summed E-state index contributed by atoms with van der Waals surface area (Å²) in [5, 5.41) is 19.5. The zero-order chi connectivity index (χ0) is 28.5. The second-order valence-corrected chi connectivity index (χ2v) is 9.59. The van der Waals surface area contributed by atoms with Crippen molar-refractivity contribution in [2.45, 2.75) is 38.3 Å². The van der Waals surface area contributed by atoms with Crippen LogP contribution in [0.15, 0.2) is 71.9 Å². The number of carbonyl (C=O) groups is 4. The molecular weight excluding hydrogens is 516 g/mol. The predicted octanol–water partition coefficient (Wildman–Crippen LogP) is 2.74. The lowest BCUT2D eigenvalue weighted by Crippen LogP contribution is -2.48. The first-order chi connectivity index (χ1) is 19.3. The number of fused-ring (bicyclic) bond motifs is 1. The fourth-order valence-corrected chi connectivity index (χ4v) is 4.17. The van der Waals surface area contributed by atoms with Gasteiger partial charge < -0.3 is 25.3 Å². The summed E-state index contributed by atoms with van der Waals surface area (Å²) in [4.78, 5) is 58.9. The van der Waals surface area contributed by atoms with Crippen LogP contribution in [0.1, 0.15) is 36.7 Å². The maximum absolute atomic E-state index is 12.8. The number of carbonyl (C=O) groups excluding carboxylic acids is 3. The fraction of sp³-hybridized carbons (Fsp3) is 0.310. The Balaban J connectivity index is 1.23. The summed E-state index contributed by atoms with van der Waals surface area (Å²) in [6.07, 6.45) is -0.924. The van der Waals surface area contributed by atoms with E-state index in [9.17, 15) is 24.3 Å². The number of amides is 2. The van der Waals surface area contributed by atoms with Crippen molar-refractivity contribution in [3.05, 3.63) is 72.4 Å². The Hall–Kier alpha value is -4.80. The normalized spacial score (nSPS) is 15.8. The van der Waals surface area contributed by atoms with Gasteiger partial charge in [-0.3, -0.25) is 19.2 Å². The second kappa shape index (κ2) is 13.3. The molecule has 208 valence electrons. The van der Waals surface area contributed by atoms with Crippen molar-refractivity contribution < 1.29 is 33.9 Å². The number of carboxylic acid groups (broad SMARTS) is 1. The van der Waals surface area contributed by atoms with E-state index in [-0.39, 0.29) is 18.2 Å². The number of carboxylic acids is 1. The Kier molecular flexibility index (Phi) is 9.39. The van der Waals surface area contributed by atoms with Gasteiger partial charge in [-0.05, 0) is 36.6 Å². The molecule has 3 aromatic rings. The molecule has 4 rings (SSSR count). The van der Waals surface area contributed by atoms with Crippen LogP contribution >= 0.6 is 0 Å². The Bertz CT molecular complexity index is 1410. The summed E-state index contributed by atoms with van der Waals surface area (Å²) in [7, 11) is 0. The highest BCUT2D eigenvalue weighted by Crippen LogP contribution is 2.18. The molecule has 40 heavy (non-hydrogen) atoms. The number of hydrogen-bond acceptors (Lipinski definition) is 8. The first-order valence-electron chi connectivity index (χ1n) is 12.9. The van der Waals surface area contributed by atoms with Gasteiger partial charge in [0, 0.05) is 18.4 Å². The molecule has 1 aliphatic heterocycles. The van der Waals surface area contributed by atoms with Crippen LogP contribution in [0.3, 0.4) is 0 Å². The molecule has 1 aliphatic rings.